The second-order valence-electron chi connectivity index (χ2n) is 6.09. The third kappa shape index (κ3) is 3.11. The Labute approximate surface area is 141 Å². The summed E-state index contributed by atoms with van der Waals surface area (Å²) in [6.45, 7) is 8.22. The summed E-state index contributed by atoms with van der Waals surface area (Å²) >= 11 is 0. The van der Waals surface area contributed by atoms with Crippen LogP contribution in [-0.2, 0) is 6.54 Å². The SMILES string of the molecule is Cc1ccc(-n2c(C)ccc2C)c(C(=O)NCc2cc(C)no2)c1. The highest BCUT2D eigenvalue weighted by Crippen LogP contribution is 2.22. The van der Waals surface area contributed by atoms with E-state index in [0.29, 0.717) is 17.9 Å². The maximum absolute atomic E-state index is 12.7. The van der Waals surface area contributed by atoms with Crippen LogP contribution in [0.15, 0.2) is 40.9 Å². The van der Waals surface area contributed by atoms with E-state index in [4.69, 9.17) is 4.52 Å². The van der Waals surface area contributed by atoms with Crippen LogP contribution in [0.1, 0.15) is 38.8 Å². The third-order valence-corrected chi connectivity index (χ3v) is 4.01. The molecule has 1 N–H and O–H groups in total. The monoisotopic (exact) mass is 323 g/mol. The molecule has 3 aromatic rings. The molecule has 0 fully saturated rings. The zero-order valence-corrected chi connectivity index (χ0v) is 14.4. The first kappa shape index (κ1) is 16.1. The van der Waals surface area contributed by atoms with Gasteiger partial charge in [-0.1, -0.05) is 16.8 Å². The summed E-state index contributed by atoms with van der Waals surface area (Å²) in [5.74, 6) is 0.513. The molecule has 0 bridgehead atoms. The topological polar surface area (TPSA) is 60.1 Å². The Morgan fingerprint density at radius 2 is 1.79 bits per heavy atom. The molecule has 0 saturated heterocycles. The second-order valence-corrected chi connectivity index (χ2v) is 6.09. The molecule has 0 saturated carbocycles. The number of aromatic nitrogens is 2. The first-order valence-corrected chi connectivity index (χ1v) is 7.92. The lowest BCUT2D eigenvalue weighted by molar-refractivity contribution is 0.0947. The first-order chi connectivity index (χ1) is 11.5. The van der Waals surface area contributed by atoms with E-state index in [1.54, 1.807) is 0 Å². The van der Waals surface area contributed by atoms with Gasteiger partial charge in [-0.25, -0.2) is 0 Å². The van der Waals surface area contributed by atoms with Crippen molar-refractivity contribution in [1.82, 2.24) is 15.0 Å². The number of nitrogens with one attached hydrogen (secondary N) is 1. The van der Waals surface area contributed by atoms with Gasteiger partial charge in [0.2, 0.25) is 0 Å². The van der Waals surface area contributed by atoms with Gasteiger partial charge in [0.15, 0.2) is 5.76 Å². The number of amides is 1. The third-order valence-electron chi connectivity index (χ3n) is 4.01. The Hall–Kier alpha value is -2.82. The van der Waals surface area contributed by atoms with Gasteiger partial charge in [-0.3, -0.25) is 4.79 Å². The minimum Gasteiger partial charge on any atom is -0.359 e. The average molecular weight is 323 g/mol. The number of carbonyl (C=O) groups excluding carboxylic acids is 1. The lowest BCUT2D eigenvalue weighted by atomic mass is 10.1. The van der Waals surface area contributed by atoms with Gasteiger partial charge in [-0.05, 0) is 52.0 Å². The van der Waals surface area contributed by atoms with Crippen LogP contribution in [0.2, 0.25) is 0 Å². The van der Waals surface area contributed by atoms with Crippen LogP contribution in [0.5, 0.6) is 0 Å². The van der Waals surface area contributed by atoms with Gasteiger partial charge in [0, 0.05) is 17.5 Å². The zero-order chi connectivity index (χ0) is 17.3. The number of benzene rings is 1. The highest BCUT2D eigenvalue weighted by atomic mass is 16.5. The van der Waals surface area contributed by atoms with Crippen molar-refractivity contribution in [3.05, 3.63) is 70.4 Å². The Kier molecular flexibility index (Phi) is 4.25. The highest BCUT2D eigenvalue weighted by Gasteiger charge is 2.16. The van der Waals surface area contributed by atoms with E-state index in [9.17, 15) is 4.79 Å². The number of hydrogen-bond donors (Lipinski definition) is 1. The molecule has 0 aliphatic rings. The summed E-state index contributed by atoms with van der Waals surface area (Å²) in [4.78, 5) is 12.7. The van der Waals surface area contributed by atoms with E-state index in [1.165, 1.54) is 0 Å². The Bertz CT molecular complexity index is 870. The van der Waals surface area contributed by atoms with Crippen molar-refractivity contribution < 1.29 is 9.32 Å². The van der Waals surface area contributed by atoms with Gasteiger partial charge in [-0.15, -0.1) is 0 Å². The van der Waals surface area contributed by atoms with Crippen LogP contribution in [0.3, 0.4) is 0 Å². The normalized spacial score (nSPS) is 10.8. The predicted octanol–water partition coefficient (Wildman–Crippen LogP) is 3.63. The molecular weight excluding hydrogens is 302 g/mol. The fourth-order valence-corrected chi connectivity index (χ4v) is 2.84. The number of hydrogen-bond acceptors (Lipinski definition) is 3. The quantitative estimate of drug-likeness (QED) is 0.797. The Morgan fingerprint density at radius 3 is 2.42 bits per heavy atom. The fourth-order valence-electron chi connectivity index (χ4n) is 2.84. The van der Waals surface area contributed by atoms with Crippen molar-refractivity contribution in [1.29, 1.82) is 0 Å². The van der Waals surface area contributed by atoms with Crippen molar-refractivity contribution in [2.75, 3.05) is 0 Å². The lowest BCUT2D eigenvalue weighted by Crippen LogP contribution is -2.24. The molecule has 0 atom stereocenters. The van der Waals surface area contributed by atoms with Crippen LogP contribution in [0.4, 0.5) is 0 Å². The molecule has 5 heteroatoms. The van der Waals surface area contributed by atoms with E-state index < -0.39 is 0 Å². The molecule has 2 aromatic heterocycles. The second kappa shape index (κ2) is 6.35. The highest BCUT2D eigenvalue weighted by molar-refractivity contribution is 5.98. The summed E-state index contributed by atoms with van der Waals surface area (Å²) in [5.41, 5.74) is 5.56. The maximum atomic E-state index is 12.7. The molecule has 0 unspecified atom stereocenters. The Balaban J connectivity index is 1.92. The molecule has 0 radical (unpaired) electrons. The van der Waals surface area contributed by atoms with Crippen molar-refractivity contribution in [3.8, 4) is 5.69 Å². The van der Waals surface area contributed by atoms with Gasteiger partial charge in [0.25, 0.3) is 5.91 Å². The molecule has 24 heavy (non-hydrogen) atoms. The van der Waals surface area contributed by atoms with E-state index in [0.717, 1.165) is 28.3 Å². The largest absolute Gasteiger partial charge is 0.359 e. The summed E-state index contributed by atoms with van der Waals surface area (Å²) in [5, 5.41) is 6.74. The van der Waals surface area contributed by atoms with Crippen LogP contribution in [0, 0.1) is 27.7 Å². The first-order valence-electron chi connectivity index (χ1n) is 7.92. The van der Waals surface area contributed by atoms with E-state index >= 15 is 0 Å². The van der Waals surface area contributed by atoms with Gasteiger partial charge >= 0.3 is 0 Å². The summed E-state index contributed by atoms with van der Waals surface area (Å²) in [7, 11) is 0. The molecule has 0 aliphatic carbocycles. The summed E-state index contributed by atoms with van der Waals surface area (Å²) in [6.07, 6.45) is 0. The number of nitrogens with zero attached hydrogens (tertiary/aromatic N) is 2. The van der Waals surface area contributed by atoms with Crippen LogP contribution >= 0.6 is 0 Å². The van der Waals surface area contributed by atoms with Crippen LogP contribution in [0.25, 0.3) is 5.69 Å². The van der Waals surface area contributed by atoms with Gasteiger partial charge in [-0.2, -0.15) is 0 Å². The average Bonchev–Trinajstić information content (AvgIpc) is 3.11. The smallest absolute Gasteiger partial charge is 0.253 e. The molecule has 0 aliphatic heterocycles. The minimum atomic E-state index is -0.129. The molecule has 3 rings (SSSR count). The maximum Gasteiger partial charge on any atom is 0.253 e. The van der Waals surface area contributed by atoms with Gasteiger partial charge in [0.1, 0.15) is 0 Å². The number of carbonyl (C=O) groups is 1. The predicted molar refractivity (Wildman–Crippen MR) is 92.4 cm³/mol. The zero-order valence-electron chi connectivity index (χ0n) is 14.4. The van der Waals surface area contributed by atoms with Crippen molar-refractivity contribution in [2.45, 2.75) is 34.2 Å². The molecule has 0 spiro atoms. The molecule has 1 amide bonds. The van der Waals surface area contributed by atoms with Crippen molar-refractivity contribution in [2.24, 2.45) is 0 Å². The molecule has 2 heterocycles. The molecule has 5 nitrogen and oxygen atoms in total. The van der Waals surface area contributed by atoms with Crippen molar-refractivity contribution in [3.63, 3.8) is 0 Å². The summed E-state index contributed by atoms with van der Waals surface area (Å²) < 4.78 is 7.24. The minimum absolute atomic E-state index is 0.129. The fraction of sp³-hybridized carbons (Fsp3) is 0.263. The van der Waals surface area contributed by atoms with E-state index in [-0.39, 0.29) is 5.91 Å². The standard InChI is InChI=1S/C19H21N3O2/c1-12-5-8-18(22-14(3)6-7-15(22)4)17(9-12)19(23)20-11-16-10-13(2)21-24-16/h5-10H,11H2,1-4H3,(H,20,23). The summed E-state index contributed by atoms with van der Waals surface area (Å²) in [6, 6.07) is 11.8. The Morgan fingerprint density at radius 1 is 1.08 bits per heavy atom. The van der Waals surface area contributed by atoms with Gasteiger partial charge < -0.3 is 14.4 Å². The molecule has 124 valence electrons. The number of rotatable bonds is 4. The van der Waals surface area contributed by atoms with Crippen molar-refractivity contribution >= 4 is 5.91 Å². The van der Waals surface area contributed by atoms with E-state index in [2.05, 4.69) is 15.0 Å². The molecule has 1 aromatic carbocycles. The van der Waals surface area contributed by atoms with Gasteiger partial charge in [0.05, 0.1) is 23.5 Å². The number of aryl methyl sites for hydroxylation is 4. The van der Waals surface area contributed by atoms with E-state index in [1.807, 2.05) is 64.1 Å². The molecular formula is C19H21N3O2. The lowest BCUT2D eigenvalue weighted by Gasteiger charge is -2.15. The van der Waals surface area contributed by atoms with Crippen LogP contribution < -0.4 is 5.32 Å². The van der Waals surface area contributed by atoms with Crippen LogP contribution in [-0.4, -0.2) is 15.6 Å².